The maximum absolute atomic E-state index is 12.3. The summed E-state index contributed by atoms with van der Waals surface area (Å²) in [7, 11) is 0. The lowest BCUT2D eigenvalue weighted by Gasteiger charge is -2.34. The van der Waals surface area contributed by atoms with E-state index in [-0.39, 0.29) is 5.91 Å². The second-order valence-electron chi connectivity index (χ2n) is 5.86. The van der Waals surface area contributed by atoms with Crippen LogP contribution >= 0.6 is 0 Å². The molecular formula is C17H22N4O. The van der Waals surface area contributed by atoms with E-state index in [2.05, 4.69) is 22.1 Å². The molecule has 0 radical (unpaired) electrons. The summed E-state index contributed by atoms with van der Waals surface area (Å²) in [6, 6.07) is 10.2. The lowest BCUT2D eigenvalue weighted by molar-refractivity contribution is -0.136. The molecule has 1 fully saturated rings. The Bertz CT molecular complexity index is 623. The number of benzene rings is 1. The standard InChI is InChI=1S/C17H22N4O/c1-15-11-18-21(12-15)10-8-19-7-9-20(17(22)14-19)13-16-5-3-2-4-6-16/h2-6,11-12H,7-10,13-14H2,1H3. The summed E-state index contributed by atoms with van der Waals surface area (Å²) >= 11 is 0. The van der Waals surface area contributed by atoms with Crippen LogP contribution in [-0.4, -0.2) is 51.7 Å². The van der Waals surface area contributed by atoms with Gasteiger partial charge in [0.15, 0.2) is 0 Å². The van der Waals surface area contributed by atoms with E-state index in [1.54, 1.807) is 0 Å². The van der Waals surface area contributed by atoms with Crippen molar-refractivity contribution in [1.29, 1.82) is 0 Å². The molecule has 1 saturated heterocycles. The second kappa shape index (κ2) is 6.75. The van der Waals surface area contributed by atoms with E-state index in [1.165, 1.54) is 11.1 Å². The molecule has 0 bridgehead atoms. The number of hydrogen-bond donors (Lipinski definition) is 0. The molecule has 1 aliphatic rings. The molecule has 1 aromatic heterocycles. The van der Waals surface area contributed by atoms with Crippen LogP contribution in [0.1, 0.15) is 11.1 Å². The fourth-order valence-corrected chi connectivity index (χ4v) is 2.75. The SMILES string of the molecule is Cc1cnn(CCN2CCN(Cc3ccccc3)C(=O)C2)c1. The monoisotopic (exact) mass is 298 g/mol. The number of piperazine rings is 1. The van der Waals surface area contributed by atoms with Gasteiger partial charge < -0.3 is 4.90 Å². The van der Waals surface area contributed by atoms with Gasteiger partial charge in [0.25, 0.3) is 0 Å². The quantitative estimate of drug-likeness (QED) is 0.841. The molecule has 5 nitrogen and oxygen atoms in total. The summed E-state index contributed by atoms with van der Waals surface area (Å²) in [5, 5.41) is 4.28. The summed E-state index contributed by atoms with van der Waals surface area (Å²) in [6.07, 6.45) is 3.90. The zero-order valence-electron chi connectivity index (χ0n) is 13.0. The predicted molar refractivity (Wildman–Crippen MR) is 85.3 cm³/mol. The number of carbonyl (C=O) groups excluding carboxylic acids is 1. The lowest BCUT2D eigenvalue weighted by atomic mass is 10.2. The van der Waals surface area contributed by atoms with Crippen LogP contribution in [-0.2, 0) is 17.9 Å². The van der Waals surface area contributed by atoms with E-state index in [0.717, 1.165) is 26.2 Å². The fraction of sp³-hybridized carbons (Fsp3) is 0.412. The van der Waals surface area contributed by atoms with Crippen molar-refractivity contribution in [1.82, 2.24) is 19.6 Å². The lowest BCUT2D eigenvalue weighted by Crippen LogP contribution is -2.50. The number of amides is 1. The highest BCUT2D eigenvalue weighted by Crippen LogP contribution is 2.09. The first kappa shape index (κ1) is 14.8. The largest absolute Gasteiger partial charge is 0.336 e. The molecule has 0 saturated carbocycles. The second-order valence-corrected chi connectivity index (χ2v) is 5.86. The predicted octanol–water partition coefficient (Wildman–Crippen LogP) is 1.54. The summed E-state index contributed by atoms with van der Waals surface area (Å²) in [4.78, 5) is 16.4. The van der Waals surface area contributed by atoms with Crippen LogP contribution in [0.2, 0.25) is 0 Å². The van der Waals surface area contributed by atoms with E-state index < -0.39 is 0 Å². The Balaban J connectivity index is 1.48. The Kier molecular flexibility index (Phi) is 4.53. The van der Waals surface area contributed by atoms with Crippen LogP contribution in [0.3, 0.4) is 0 Å². The number of aryl methyl sites for hydroxylation is 1. The van der Waals surface area contributed by atoms with Crippen LogP contribution in [0.5, 0.6) is 0 Å². The van der Waals surface area contributed by atoms with Crippen LogP contribution in [0.4, 0.5) is 0 Å². The van der Waals surface area contributed by atoms with Gasteiger partial charge in [-0.3, -0.25) is 14.4 Å². The average Bonchev–Trinajstić information content (AvgIpc) is 2.94. The molecule has 0 atom stereocenters. The van der Waals surface area contributed by atoms with E-state index in [0.29, 0.717) is 13.1 Å². The number of hydrogen-bond acceptors (Lipinski definition) is 3. The molecule has 5 heteroatoms. The Hall–Kier alpha value is -2.14. The van der Waals surface area contributed by atoms with E-state index in [1.807, 2.05) is 47.1 Å². The molecule has 0 aliphatic carbocycles. The van der Waals surface area contributed by atoms with E-state index >= 15 is 0 Å². The molecular weight excluding hydrogens is 276 g/mol. The summed E-state index contributed by atoms with van der Waals surface area (Å²) < 4.78 is 1.94. The van der Waals surface area contributed by atoms with Gasteiger partial charge >= 0.3 is 0 Å². The van der Waals surface area contributed by atoms with Crippen molar-refractivity contribution < 1.29 is 4.79 Å². The minimum absolute atomic E-state index is 0.215. The molecule has 2 aromatic rings. The Labute approximate surface area is 131 Å². The first-order chi connectivity index (χ1) is 10.7. The minimum atomic E-state index is 0.215. The molecule has 22 heavy (non-hydrogen) atoms. The topological polar surface area (TPSA) is 41.4 Å². The summed E-state index contributed by atoms with van der Waals surface area (Å²) in [5.41, 5.74) is 2.36. The average molecular weight is 298 g/mol. The molecule has 0 spiro atoms. The number of aromatic nitrogens is 2. The molecule has 116 valence electrons. The molecule has 1 amide bonds. The molecule has 1 aromatic carbocycles. The Morgan fingerprint density at radius 3 is 2.64 bits per heavy atom. The van der Waals surface area contributed by atoms with Gasteiger partial charge in [-0.2, -0.15) is 5.10 Å². The molecule has 3 rings (SSSR count). The van der Waals surface area contributed by atoms with Crippen molar-refractivity contribution in [3.63, 3.8) is 0 Å². The van der Waals surface area contributed by atoms with E-state index in [9.17, 15) is 4.79 Å². The van der Waals surface area contributed by atoms with Gasteiger partial charge in [0.05, 0.1) is 19.3 Å². The van der Waals surface area contributed by atoms with Gasteiger partial charge in [-0.1, -0.05) is 30.3 Å². The van der Waals surface area contributed by atoms with Crippen LogP contribution < -0.4 is 0 Å². The molecule has 0 unspecified atom stereocenters. The summed E-state index contributed by atoms with van der Waals surface area (Å²) in [5.74, 6) is 0.215. The van der Waals surface area contributed by atoms with Crippen LogP contribution in [0, 0.1) is 6.92 Å². The van der Waals surface area contributed by atoms with Gasteiger partial charge in [-0.15, -0.1) is 0 Å². The fourth-order valence-electron chi connectivity index (χ4n) is 2.75. The summed E-state index contributed by atoms with van der Waals surface area (Å²) in [6.45, 7) is 6.69. The number of nitrogens with zero attached hydrogens (tertiary/aromatic N) is 4. The van der Waals surface area contributed by atoms with Crippen molar-refractivity contribution in [2.45, 2.75) is 20.0 Å². The highest BCUT2D eigenvalue weighted by Gasteiger charge is 2.23. The molecule has 2 heterocycles. The minimum Gasteiger partial charge on any atom is -0.336 e. The van der Waals surface area contributed by atoms with Crippen molar-refractivity contribution in [3.8, 4) is 0 Å². The van der Waals surface area contributed by atoms with E-state index in [4.69, 9.17) is 0 Å². The van der Waals surface area contributed by atoms with Crippen LogP contribution in [0.15, 0.2) is 42.7 Å². The third-order valence-electron chi connectivity index (χ3n) is 4.02. The Morgan fingerprint density at radius 1 is 1.14 bits per heavy atom. The third kappa shape index (κ3) is 3.74. The van der Waals surface area contributed by atoms with Gasteiger partial charge in [0.1, 0.15) is 0 Å². The number of rotatable bonds is 5. The Morgan fingerprint density at radius 2 is 1.95 bits per heavy atom. The van der Waals surface area contributed by atoms with Gasteiger partial charge in [0, 0.05) is 32.4 Å². The van der Waals surface area contributed by atoms with Crippen molar-refractivity contribution in [2.75, 3.05) is 26.2 Å². The van der Waals surface area contributed by atoms with Gasteiger partial charge in [-0.05, 0) is 18.1 Å². The highest BCUT2D eigenvalue weighted by atomic mass is 16.2. The van der Waals surface area contributed by atoms with Gasteiger partial charge in [-0.25, -0.2) is 0 Å². The van der Waals surface area contributed by atoms with Gasteiger partial charge in [0.2, 0.25) is 5.91 Å². The zero-order valence-corrected chi connectivity index (χ0v) is 13.0. The maximum atomic E-state index is 12.3. The normalized spacial score (nSPS) is 16.2. The maximum Gasteiger partial charge on any atom is 0.237 e. The van der Waals surface area contributed by atoms with Crippen molar-refractivity contribution in [2.24, 2.45) is 0 Å². The molecule has 1 aliphatic heterocycles. The molecule has 0 N–H and O–H groups in total. The first-order valence-corrected chi connectivity index (χ1v) is 7.74. The highest BCUT2D eigenvalue weighted by molar-refractivity contribution is 5.79. The van der Waals surface area contributed by atoms with Crippen LogP contribution in [0.25, 0.3) is 0 Å². The zero-order chi connectivity index (χ0) is 15.4. The number of carbonyl (C=O) groups is 1. The van der Waals surface area contributed by atoms with Crippen molar-refractivity contribution in [3.05, 3.63) is 53.9 Å². The third-order valence-corrected chi connectivity index (χ3v) is 4.02. The smallest absolute Gasteiger partial charge is 0.237 e. The first-order valence-electron chi connectivity index (χ1n) is 7.74. The van der Waals surface area contributed by atoms with Crippen molar-refractivity contribution >= 4 is 5.91 Å².